The summed E-state index contributed by atoms with van der Waals surface area (Å²) in [6, 6.07) is 6.17. The first-order chi connectivity index (χ1) is 8.56. The van der Waals surface area contributed by atoms with Crippen molar-refractivity contribution in [2.75, 3.05) is 11.9 Å². The Morgan fingerprint density at radius 2 is 2.17 bits per heavy atom. The van der Waals surface area contributed by atoms with Gasteiger partial charge in [0.05, 0.1) is 6.54 Å². The van der Waals surface area contributed by atoms with Gasteiger partial charge in [-0.1, -0.05) is 19.9 Å². The molecule has 96 valence electrons. The van der Waals surface area contributed by atoms with Crippen molar-refractivity contribution >= 4 is 33.1 Å². The fourth-order valence-electron chi connectivity index (χ4n) is 1.59. The van der Waals surface area contributed by atoms with E-state index in [1.54, 1.807) is 11.3 Å². The summed E-state index contributed by atoms with van der Waals surface area (Å²) in [6.45, 7) is 5.08. The maximum atomic E-state index is 4.60. The second kappa shape index (κ2) is 5.80. The van der Waals surface area contributed by atoms with E-state index in [1.807, 2.05) is 6.07 Å². The van der Waals surface area contributed by atoms with Crippen molar-refractivity contribution in [1.29, 1.82) is 0 Å². The second-order valence-corrected chi connectivity index (χ2v) is 6.34. The summed E-state index contributed by atoms with van der Waals surface area (Å²) in [7, 11) is 2.05. The average Bonchev–Trinajstić information content (AvgIpc) is 2.80. The van der Waals surface area contributed by atoms with Crippen LogP contribution in [-0.4, -0.2) is 17.0 Å². The number of nitrogens with zero attached hydrogens (tertiary/aromatic N) is 3. The molecule has 0 amide bonds. The maximum absolute atomic E-state index is 4.60. The van der Waals surface area contributed by atoms with E-state index >= 15 is 0 Å². The van der Waals surface area contributed by atoms with Gasteiger partial charge in [-0.15, -0.1) is 11.3 Å². The molecule has 3 nitrogen and oxygen atoms in total. The number of hydrogen-bond acceptors (Lipinski definition) is 4. The molecule has 0 aromatic carbocycles. The molecule has 0 radical (unpaired) electrons. The van der Waals surface area contributed by atoms with Crippen LogP contribution in [0.5, 0.6) is 0 Å². The summed E-state index contributed by atoms with van der Waals surface area (Å²) < 4.78 is 0.842. The minimum atomic E-state index is 0.330. The normalized spacial score (nSPS) is 10.9. The lowest BCUT2D eigenvalue weighted by Gasteiger charge is -2.18. The third-order valence-corrected chi connectivity index (χ3v) is 3.85. The van der Waals surface area contributed by atoms with Gasteiger partial charge in [-0.25, -0.2) is 9.97 Å². The highest BCUT2D eigenvalue weighted by atomic mass is 79.9. The highest BCUT2D eigenvalue weighted by Gasteiger charge is 2.10. The smallest absolute Gasteiger partial charge is 0.134 e. The third kappa shape index (κ3) is 3.29. The molecule has 0 aliphatic carbocycles. The molecule has 2 aromatic heterocycles. The molecule has 2 aromatic rings. The van der Waals surface area contributed by atoms with Crippen molar-refractivity contribution in [3.05, 3.63) is 38.9 Å². The molecule has 0 saturated heterocycles. The summed E-state index contributed by atoms with van der Waals surface area (Å²) in [4.78, 5) is 12.5. The quantitative estimate of drug-likeness (QED) is 0.794. The molecule has 0 N–H and O–H groups in total. The highest BCUT2D eigenvalue weighted by molar-refractivity contribution is 9.10. The van der Waals surface area contributed by atoms with Crippen LogP contribution in [0.4, 0.5) is 5.82 Å². The predicted molar refractivity (Wildman–Crippen MR) is 80.2 cm³/mol. The minimum Gasteiger partial charge on any atom is -0.354 e. The van der Waals surface area contributed by atoms with Crippen LogP contribution in [0.15, 0.2) is 28.2 Å². The van der Waals surface area contributed by atoms with E-state index in [-0.39, 0.29) is 0 Å². The Morgan fingerprint density at radius 3 is 2.78 bits per heavy atom. The number of thiophene rings is 1. The number of hydrogen-bond donors (Lipinski definition) is 0. The molecule has 0 aliphatic rings. The van der Waals surface area contributed by atoms with Crippen LogP contribution < -0.4 is 4.90 Å². The van der Waals surface area contributed by atoms with Crippen LogP contribution in [0.2, 0.25) is 0 Å². The van der Waals surface area contributed by atoms with Crippen LogP contribution in [0.3, 0.4) is 0 Å². The van der Waals surface area contributed by atoms with Gasteiger partial charge >= 0.3 is 0 Å². The van der Waals surface area contributed by atoms with Gasteiger partial charge in [0, 0.05) is 23.9 Å². The first-order valence-corrected chi connectivity index (χ1v) is 7.51. The molecule has 2 rings (SSSR count). The summed E-state index contributed by atoms with van der Waals surface area (Å²) in [5.41, 5.74) is 0. The largest absolute Gasteiger partial charge is 0.354 e. The second-order valence-electron chi connectivity index (χ2n) is 4.50. The van der Waals surface area contributed by atoms with Crippen LogP contribution in [-0.2, 0) is 6.54 Å². The molecule has 0 unspecified atom stereocenters. The van der Waals surface area contributed by atoms with E-state index in [4.69, 9.17) is 0 Å². The number of aromatic nitrogens is 2. The zero-order chi connectivity index (χ0) is 13.1. The SMILES string of the molecule is CC(C)c1nc(Br)cc(N(C)Cc2cccs2)n1. The Bertz CT molecular complexity index is 511. The molecule has 2 heterocycles. The fourth-order valence-corrected chi connectivity index (χ4v) is 2.74. The molecule has 0 atom stereocenters. The Labute approximate surface area is 120 Å². The molecular weight excluding hydrogens is 310 g/mol. The molecule has 0 saturated carbocycles. The van der Waals surface area contributed by atoms with E-state index in [9.17, 15) is 0 Å². The van der Waals surface area contributed by atoms with Gasteiger partial charge in [0.15, 0.2) is 0 Å². The Balaban J connectivity index is 2.21. The lowest BCUT2D eigenvalue weighted by molar-refractivity contribution is 0.758. The summed E-state index contributed by atoms with van der Waals surface area (Å²) >= 11 is 5.22. The lowest BCUT2D eigenvalue weighted by Crippen LogP contribution is -2.18. The first-order valence-electron chi connectivity index (χ1n) is 5.84. The Morgan fingerprint density at radius 1 is 1.39 bits per heavy atom. The van der Waals surface area contributed by atoms with Gasteiger partial charge in [-0.3, -0.25) is 0 Å². The van der Waals surface area contributed by atoms with Gasteiger partial charge in [-0.2, -0.15) is 0 Å². The van der Waals surface area contributed by atoms with Crippen LogP contribution >= 0.6 is 27.3 Å². The average molecular weight is 326 g/mol. The van der Waals surface area contributed by atoms with Gasteiger partial charge in [0.2, 0.25) is 0 Å². The molecule has 0 aliphatic heterocycles. The van der Waals surface area contributed by atoms with Crippen molar-refractivity contribution < 1.29 is 0 Å². The number of halogens is 1. The molecule has 0 bridgehead atoms. The van der Waals surface area contributed by atoms with Crippen molar-refractivity contribution in [2.24, 2.45) is 0 Å². The van der Waals surface area contributed by atoms with E-state index in [1.165, 1.54) is 4.88 Å². The van der Waals surface area contributed by atoms with Crippen molar-refractivity contribution in [2.45, 2.75) is 26.3 Å². The van der Waals surface area contributed by atoms with E-state index < -0.39 is 0 Å². The van der Waals surface area contributed by atoms with Crippen LogP contribution in [0.1, 0.15) is 30.5 Å². The van der Waals surface area contributed by atoms with Crippen molar-refractivity contribution in [3.63, 3.8) is 0 Å². The summed E-state index contributed by atoms with van der Waals surface area (Å²) in [5.74, 6) is 2.16. The number of rotatable bonds is 4. The van der Waals surface area contributed by atoms with Gasteiger partial charge in [-0.05, 0) is 27.4 Å². The topological polar surface area (TPSA) is 29.0 Å². The number of anilines is 1. The van der Waals surface area contributed by atoms with Crippen LogP contribution in [0.25, 0.3) is 0 Å². The molecule has 18 heavy (non-hydrogen) atoms. The summed E-state index contributed by atoms with van der Waals surface area (Å²) in [6.07, 6.45) is 0. The highest BCUT2D eigenvalue weighted by Crippen LogP contribution is 2.21. The zero-order valence-corrected chi connectivity index (χ0v) is 13.1. The van der Waals surface area contributed by atoms with E-state index in [2.05, 4.69) is 69.2 Å². The van der Waals surface area contributed by atoms with Crippen molar-refractivity contribution in [1.82, 2.24) is 9.97 Å². The van der Waals surface area contributed by atoms with E-state index in [0.717, 1.165) is 22.8 Å². The summed E-state index contributed by atoms with van der Waals surface area (Å²) in [5, 5.41) is 2.10. The van der Waals surface area contributed by atoms with Gasteiger partial charge < -0.3 is 4.90 Å². The monoisotopic (exact) mass is 325 g/mol. The molecular formula is C13H16BrN3S. The minimum absolute atomic E-state index is 0.330. The predicted octanol–water partition coefficient (Wildman–Crippen LogP) is 4.06. The third-order valence-electron chi connectivity index (χ3n) is 2.58. The van der Waals surface area contributed by atoms with Crippen LogP contribution in [0, 0.1) is 0 Å². The van der Waals surface area contributed by atoms with Gasteiger partial charge in [0.25, 0.3) is 0 Å². The standard InChI is InChI=1S/C13H16BrN3S/c1-9(2)13-15-11(14)7-12(16-13)17(3)8-10-5-4-6-18-10/h4-7,9H,8H2,1-3H3. The molecule has 0 fully saturated rings. The Hall–Kier alpha value is -0.940. The van der Waals surface area contributed by atoms with E-state index in [0.29, 0.717) is 5.92 Å². The Kier molecular flexibility index (Phi) is 4.35. The first kappa shape index (κ1) is 13.5. The lowest BCUT2D eigenvalue weighted by atomic mass is 10.2. The molecule has 5 heteroatoms. The molecule has 0 spiro atoms. The van der Waals surface area contributed by atoms with Crippen molar-refractivity contribution in [3.8, 4) is 0 Å². The van der Waals surface area contributed by atoms with Gasteiger partial charge in [0.1, 0.15) is 16.2 Å². The maximum Gasteiger partial charge on any atom is 0.134 e. The zero-order valence-electron chi connectivity index (χ0n) is 10.7. The fraction of sp³-hybridized carbons (Fsp3) is 0.385.